The first-order chi connectivity index (χ1) is 6.79. The van der Waals surface area contributed by atoms with Gasteiger partial charge in [0.1, 0.15) is 0 Å². The molecule has 0 saturated carbocycles. The molecule has 0 amide bonds. The summed E-state index contributed by atoms with van der Waals surface area (Å²) in [6.07, 6.45) is 4.32. The van der Waals surface area contributed by atoms with Gasteiger partial charge < -0.3 is 15.0 Å². The van der Waals surface area contributed by atoms with Gasteiger partial charge in [-0.3, -0.25) is 0 Å². The van der Waals surface area contributed by atoms with Crippen LogP contribution in [0.3, 0.4) is 0 Å². The Morgan fingerprint density at radius 1 is 1.64 bits per heavy atom. The van der Waals surface area contributed by atoms with Gasteiger partial charge in [0.25, 0.3) is 0 Å². The zero-order valence-corrected chi connectivity index (χ0v) is 8.68. The predicted octanol–water partition coefficient (Wildman–Crippen LogP) is 1.67. The normalized spacial score (nSPS) is 27.8. The predicted molar refractivity (Wildman–Crippen MR) is 56.1 cm³/mol. The summed E-state index contributed by atoms with van der Waals surface area (Å²) in [7, 11) is 0. The molecule has 1 aliphatic heterocycles. The molecule has 0 radical (unpaired) electrons. The molecule has 2 N–H and O–H groups in total. The van der Waals surface area contributed by atoms with E-state index < -0.39 is 0 Å². The van der Waals surface area contributed by atoms with Gasteiger partial charge in [-0.1, -0.05) is 0 Å². The van der Waals surface area contributed by atoms with Crippen LogP contribution in [0.15, 0.2) is 18.3 Å². The molecular weight excluding hydrogens is 176 g/mol. The van der Waals surface area contributed by atoms with Gasteiger partial charge in [-0.05, 0) is 31.9 Å². The third-order valence-corrected chi connectivity index (χ3v) is 2.81. The lowest BCUT2D eigenvalue weighted by Crippen LogP contribution is -2.48. The summed E-state index contributed by atoms with van der Waals surface area (Å²) in [6, 6.07) is 4.12. The van der Waals surface area contributed by atoms with Crippen molar-refractivity contribution in [2.45, 2.75) is 31.8 Å². The van der Waals surface area contributed by atoms with E-state index in [9.17, 15) is 0 Å². The Morgan fingerprint density at radius 3 is 3.21 bits per heavy atom. The topological polar surface area (TPSA) is 37.0 Å². The van der Waals surface area contributed by atoms with Gasteiger partial charge >= 0.3 is 0 Å². The van der Waals surface area contributed by atoms with Crippen LogP contribution < -0.4 is 5.32 Å². The SMILES string of the molecule is CC1(NCc2ccc[nH]2)CCCOC1. The van der Waals surface area contributed by atoms with Gasteiger partial charge in [0.15, 0.2) is 0 Å². The molecule has 0 aromatic carbocycles. The Labute approximate surface area is 84.9 Å². The largest absolute Gasteiger partial charge is 0.380 e. The number of aromatic nitrogens is 1. The molecule has 2 heterocycles. The van der Waals surface area contributed by atoms with E-state index in [1.165, 1.54) is 12.1 Å². The summed E-state index contributed by atoms with van der Waals surface area (Å²) in [5.41, 5.74) is 1.39. The summed E-state index contributed by atoms with van der Waals surface area (Å²) >= 11 is 0. The van der Waals surface area contributed by atoms with Gasteiger partial charge in [-0.2, -0.15) is 0 Å². The second kappa shape index (κ2) is 4.15. The number of hydrogen-bond donors (Lipinski definition) is 2. The van der Waals surface area contributed by atoms with Crippen molar-refractivity contribution < 1.29 is 4.74 Å². The molecule has 1 fully saturated rings. The van der Waals surface area contributed by atoms with Crippen molar-refractivity contribution in [2.75, 3.05) is 13.2 Å². The van der Waals surface area contributed by atoms with Gasteiger partial charge in [-0.25, -0.2) is 0 Å². The van der Waals surface area contributed by atoms with E-state index in [2.05, 4.69) is 23.3 Å². The molecule has 1 saturated heterocycles. The summed E-state index contributed by atoms with van der Waals surface area (Å²) in [5.74, 6) is 0. The van der Waals surface area contributed by atoms with Gasteiger partial charge in [0.2, 0.25) is 0 Å². The first-order valence-electron chi connectivity index (χ1n) is 5.24. The molecular formula is C11H18N2O. The molecule has 0 bridgehead atoms. The highest BCUT2D eigenvalue weighted by atomic mass is 16.5. The van der Waals surface area contributed by atoms with Crippen LogP contribution in [0, 0.1) is 0 Å². The second-order valence-corrected chi connectivity index (χ2v) is 4.27. The fraction of sp³-hybridized carbons (Fsp3) is 0.636. The molecule has 1 aromatic heterocycles. The third-order valence-electron chi connectivity index (χ3n) is 2.81. The fourth-order valence-corrected chi connectivity index (χ4v) is 1.86. The Balaban J connectivity index is 1.84. The highest BCUT2D eigenvalue weighted by molar-refractivity contribution is 5.04. The van der Waals surface area contributed by atoms with Crippen molar-refractivity contribution in [1.29, 1.82) is 0 Å². The number of ether oxygens (including phenoxy) is 1. The van der Waals surface area contributed by atoms with Crippen molar-refractivity contribution in [1.82, 2.24) is 10.3 Å². The first-order valence-corrected chi connectivity index (χ1v) is 5.24. The van der Waals surface area contributed by atoms with E-state index in [0.29, 0.717) is 0 Å². The second-order valence-electron chi connectivity index (χ2n) is 4.27. The molecule has 0 aliphatic carbocycles. The zero-order valence-electron chi connectivity index (χ0n) is 8.68. The highest BCUT2D eigenvalue weighted by Crippen LogP contribution is 2.18. The maximum atomic E-state index is 5.48. The molecule has 1 atom stereocenters. The van der Waals surface area contributed by atoms with E-state index in [-0.39, 0.29) is 5.54 Å². The molecule has 78 valence electrons. The first kappa shape index (κ1) is 9.74. The van der Waals surface area contributed by atoms with Crippen LogP contribution >= 0.6 is 0 Å². The van der Waals surface area contributed by atoms with Crippen molar-refractivity contribution in [3.05, 3.63) is 24.0 Å². The maximum Gasteiger partial charge on any atom is 0.0645 e. The number of hydrogen-bond acceptors (Lipinski definition) is 2. The molecule has 14 heavy (non-hydrogen) atoms. The van der Waals surface area contributed by atoms with Gasteiger partial charge in [-0.15, -0.1) is 0 Å². The van der Waals surface area contributed by atoms with Crippen molar-refractivity contribution in [3.63, 3.8) is 0 Å². The Kier molecular flexibility index (Phi) is 2.89. The average molecular weight is 194 g/mol. The number of nitrogens with one attached hydrogen (secondary N) is 2. The van der Waals surface area contributed by atoms with Crippen LogP contribution in [0.4, 0.5) is 0 Å². The van der Waals surface area contributed by atoms with Crippen molar-refractivity contribution in [2.24, 2.45) is 0 Å². The van der Waals surface area contributed by atoms with E-state index >= 15 is 0 Å². The number of aromatic amines is 1. The number of H-pyrrole nitrogens is 1. The third kappa shape index (κ3) is 2.36. The summed E-state index contributed by atoms with van der Waals surface area (Å²) in [6.45, 7) is 4.87. The van der Waals surface area contributed by atoms with E-state index in [4.69, 9.17) is 4.74 Å². The van der Waals surface area contributed by atoms with Crippen LogP contribution in [-0.2, 0) is 11.3 Å². The smallest absolute Gasteiger partial charge is 0.0645 e. The van der Waals surface area contributed by atoms with Gasteiger partial charge in [0, 0.05) is 30.6 Å². The monoisotopic (exact) mass is 194 g/mol. The maximum absolute atomic E-state index is 5.48. The van der Waals surface area contributed by atoms with E-state index in [1.807, 2.05) is 12.3 Å². The van der Waals surface area contributed by atoms with E-state index in [0.717, 1.165) is 26.2 Å². The molecule has 2 rings (SSSR count). The quantitative estimate of drug-likeness (QED) is 0.768. The molecule has 1 aromatic rings. The van der Waals surface area contributed by atoms with Crippen LogP contribution in [0.2, 0.25) is 0 Å². The minimum Gasteiger partial charge on any atom is -0.380 e. The van der Waals surface area contributed by atoms with Crippen molar-refractivity contribution >= 4 is 0 Å². The Morgan fingerprint density at radius 2 is 2.57 bits per heavy atom. The van der Waals surface area contributed by atoms with Crippen LogP contribution in [0.25, 0.3) is 0 Å². The van der Waals surface area contributed by atoms with Crippen LogP contribution in [-0.4, -0.2) is 23.7 Å². The average Bonchev–Trinajstić information content (AvgIpc) is 2.69. The van der Waals surface area contributed by atoms with Crippen molar-refractivity contribution in [3.8, 4) is 0 Å². The summed E-state index contributed by atoms with van der Waals surface area (Å²) in [4.78, 5) is 3.19. The molecule has 3 heteroatoms. The minimum absolute atomic E-state index is 0.156. The number of rotatable bonds is 3. The standard InChI is InChI=1S/C11H18N2O/c1-11(5-3-7-14-9-11)13-8-10-4-2-6-12-10/h2,4,6,12-13H,3,5,7-9H2,1H3. The van der Waals surface area contributed by atoms with Gasteiger partial charge in [0.05, 0.1) is 6.61 Å². The lowest BCUT2D eigenvalue weighted by atomic mass is 9.95. The Hall–Kier alpha value is -0.800. The molecule has 0 spiro atoms. The summed E-state index contributed by atoms with van der Waals surface area (Å²) < 4.78 is 5.48. The van der Waals surface area contributed by atoms with Crippen LogP contribution in [0.5, 0.6) is 0 Å². The van der Waals surface area contributed by atoms with E-state index in [1.54, 1.807) is 0 Å². The molecule has 1 unspecified atom stereocenters. The molecule has 3 nitrogen and oxygen atoms in total. The lowest BCUT2D eigenvalue weighted by molar-refractivity contribution is 0.0276. The highest BCUT2D eigenvalue weighted by Gasteiger charge is 2.26. The van der Waals surface area contributed by atoms with Crippen LogP contribution in [0.1, 0.15) is 25.5 Å². The zero-order chi connectivity index (χ0) is 9.86. The Bertz CT molecular complexity index is 263. The summed E-state index contributed by atoms with van der Waals surface area (Å²) in [5, 5.41) is 3.54. The fourth-order valence-electron chi connectivity index (χ4n) is 1.86. The molecule has 1 aliphatic rings. The lowest BCUT2D eigenvalue weighted by Gasteiger charge is -2.34. The minimum atomic E-state index is 0.156.